The van der Waals surface area contributed by atoms with Gasteiger partial charge in [0, 0.05) is 0 Å². The lowest BCUT2D eigenvalue weighted by Gasteiger charge is -2.13. The molecule has 0 radical (unpaired) electrons. The van der Waals surface area contributed by atoms with E-state index in [-0.39, 0.29) is 6.10 Å². The summed E-state index contributed by atoms with van der Waals surface area (Å²) in [7, 11) is 0. The first-order valence-corrected chi connectivity index (χ1v) is 8.10. The van der Waals surface area contributed by atoms with Crippen molar-refractivity contribution in [1.82, 2.24) is 0 Å². The van der Waals surface area contributed by atoms with Crippen LogP contribution in [-0.4, -0.2) is 6.10 Å². The van der Waals surface area contributed by atoms with E-state index in [0.29, 0.717) is 6.10 Å². The highest BCUT2D eigenvalue weighted by atomic mass is 16.6. The molecule has 0 saturated carbocycles. The van der Waals surface area contributed by atoms with Crippen LogP contribution in [-0.2, 0) is 4.74 Å². The van der Waals surface area contributed by atoms with Crippen LogP contribution in [0.5, 0.6) is 0 Å². The van der Waals surface area contributed by atoms with Gasteiger partial charge in [-0.15, -0.1) is 0 Å². The number of epoxide rings is 1. The molecule has 1 heterocycles. The van der Waals surface area contributed by atoms with Gasteiger partial charge in [0.2, 0.25) is 0 Å². The molecule has 23 heavy (non-hydrogen) atoms. The van der Waals surface area contributed by atoms with Crippen molar-refractivity contribution in [2.24, 2.45) is 0 Å². The van der Waals surface area contributed by atoms with Crippen LogP contribution in [0.15, 0.2) is 66.7 Å². The third-order valence-corrected chi connectivity index (χ3v) is 5.23. The quantitative estimate of drug-likeness (QED) is 0.233. The van der Waals surface area contributed by atoms with Crippen molar-refractivity contribution < 1.29 is 4.74 Å². The molecule has 1 heteroatoms. The van der Waals surface area contributed by atoms with Gasteiger partial charge in [0.1, 0.15) is 12.2 Å². The lowest BCUT2D eigenvalue weighted by Crippen LogP contribution is -1.96. The molecule has 1 saturated heterocycles. The molecule has 0 spiro atoms. The fraction of sp³-hybridized carbons (Fsp3) is 0.0909. The average molecular weight is 294 g/mol. The first kappa shape index (κ1) is 11.9. The van der Waals surface area contributed by atoms with Gasteiger partial charge in [0.25, 0.3) is 0 Å². The Morgan fingerprint density at radius 1 is 0.696 bits per heavy atom. The Kier molecular flexibility index (Phi) is 2.07. The van der Waals surface area contributed by atoms with Gasteiger partial charge in [-0.25, -0.2) is 0 Å². The van der Waals surface area contributed by atoms with Crippen LogP contribution in [0.1, 0.15) is 17.2 Å². The van der Waals surface area contributed by atoms with E-state index < -0.39 is 0 Å². The van der Waals surface area contributed by atoms with Gasteiger partial charge >= 0.3 is 0 Å². The summed E-state index contributed by atoms with van der Waals surface area (Å²) >= 11 is 0. The monoisotopic (exact) mass is 294 g/mol. The van der Waals surface area contributed by atoms with Gasteiger partial charge in [-0.1, -0.05) is 60.7 Å². The highest BCUT2D eigenvalue weighted by molar-refractivity contribution is 6.12. The number of rotatable bonds is 0. The van der Waals surface area contributed by atoms with E-state index in [1.54, 1.807) is 0 Å². The second-order valence-electron chi connectivity index (χ2n) is 6.53. The Hall–Kier alpha value is -2.64. The number of hydrogen-bond donors (Lipinski definition) is 0. The van der Waals surface area contributed by atoms with E-state index in [4.69, 9.17) is 4.74 Å². The normalized spacial score (nSPS) is 21.6. The molecule has 2 unspecified atom stereocenters. The van der Waals surface area contributed by atoms with Crippen molar-refractivity contribution >= 4 is 38.4 Å². The molecular formula is C22H14O. The van der Waals surface area contributed by atoms with Crippen molar-refractivity contribution in [3.05, 3.63) is 77.9 Å². The molecule has 0 bridgehead atoms. The van der Waals surface area contributed by atoms with Crippen molar-refractivity contribution in [3.63, 3.8) is 0 Å². The fourth-order valence-corrected chi connectivity index (χ4v) is 4.03. The largest absolute Gasteiger partial charge is 0.360 e. The zero-order valence-corrected chi connectivity index (χ0v) is 12.5. The molecule has 108 valence electrons. The van der Waals surface area contributed by atoms with Gasteiger partial charge in [0.15, 0.2) is 0 Å². The molecule has 2 aliphatic rings. The molecule has 1 aliphatic carbocycles. The first-order valence-electron chi connectivity index (χ1n) is 8.10. The topological polar surface area (TPSA) is 12.5 Å². The van der Waals surface area contributed by atoms with Crippen LogP contribution in [0.4, 0.5) is 0 Å². The maximum Gasteiger partial charge on any atom is 0.114 e. The number of benzene rings is 4. The number of fused-ring (bicyclic) bond motifs is 8. The van der Waals surface area contributed by atoms with Gasteiger partial charge < -0.3 is 4.74 Å². The van der Waals surface area contributed by atoms with Crippen LogP contribution in [0, 0.1) is 0 Å². The number of hydrogen-bond acceptors (Lipinski definition) is 1. The van der Waals surface area contributed by atoms with Gasteiger partial charge in [-0.3, -0.25) is 0 Å². The van der Waals surface area contributed by atoms with Crippen molar-refractivity contribution in [1.29, 1.82) is 0 Å². The van der Waals surface area contributed by atoms with Crippen LogP contribution in [0.3, 0.4) is 0 Å². The van der Waals surface area contributed by atoms with E-state index in [1.807, 2.05) is 0 Å². The summed E-state index contributed by atoms with van der Waals surface area (Å²) in [4.78, 5) is 0. The maximum atomic E-state index is 5.81. The van der Waals surface area contributed by atoms with Gasteiger partial charge in [-0.2, -0.15) is 0 Å². The van der Waals surface area contributed by atoms with Crippen LogP contribution >= 0.6 is 0 Å². The van der Waals surface area contributed by atoms with Crippen LogP contribution in [0.25, 0.3) is 38.4 Å². The van der Waals surface area contributed by atoms with Crippen molar-refractivity contribution in [2.45, 2.75) is 12.2 Å². The molecule has 2 atom stereocenters. The summed E-state index contributed by atoms with van der Waals surface area (Å²) < 4.78 is 5.81. The van der Waals surface area contributed by atoms with E-state index in [2.05, 4.69) is 72.8 Å². The summed E-state index contributed by atoms with van der Waals surface area (Å²) in [6.45, 7) is 0. The number of ether oxygens (including phenoxy) is 1. The van der Waals surface area contributed by atoms with E-state index >= 15 is 0 Å². The Labute approximate surface area is 133 Å². The third-order valence-electron chi connectivity index (χ3n) is 5.23. The summed E-state index contributed by atoms with van der Waals surface area (Å²) in [6, 6.07) is 22.2. The second-order valence-corrected chi connectivity index (χ2v) is 6.53. The molecule has 4 aromatic carbocycles. The summed E-state index contributed by atoms with van der Waals surface area (Å²) in [6.07, 6.45) is 4.93. The van der Waals surface area contributed by atoms with Gasteiger partial charge in [-0.05, 0) is 55.6 Å². The van der Waals surface area contributed by atoms with Crippen molar-refractivity contribution in [3.8, 4) is 0 Å². The zero-order chi connectivity index (χ0) is 15.0. The minimum absolute atomic E-state index is 0.261. The molecule has 6 rings (SSSR count). The Balaban J connectivity index is 1.78. The summed E-state index contributed by atoms with van der Waals surface area (Å²) in [5.74, 6) is 0. The minimum atomic E-state index is 0.261. The highest BCUT2D eigenvalue weighted by Gasteiger charge is 2.42. The molecule has 1 fully saturated rings. The van der Waals surface area contributed by atoms with E-state index in [9.17, 15) is 0 Å². The molecule has 4 aromatic rings. The van der Waals surface area contributed by atoms with Crippen LogP contribution < -0.4 is 0 Å². The molecule has 1 aliphatic heterocycles. The van der Waals surface area contributed by atoms with Gasteiger partial charge in [0.05, 0.1) is 0 Å². The second kappa shape index (κ2) is 4.01. The minimum Gasteiger partial charge on any atom is -0.360 e. The average Bonchev–Trinajstić information content (AvgIpc) is 3.39. The molecular weight excluding hydrogens is 280 g/mol. The zero-order valence-electron chi connectivity index (χ0n) is 12.5. The SMILES string of the molecule is C1=CC2OC2c2c1ccc1cc3c(ccc4ccccc43)cc21. The molecule has 0 amide bonds. The Morgan fingerprint density at radius 3 is 2.48 bits per heavy atom. The maximum absolute atomic E-state index is 5.81. The fourth-order valence-electron chi connectivity index (χ4n) is 4.03. The van der Waals surface area contributed by atoms with Crippen LogP contribution in [0.2, 0.25) is 0 Å². The third kappa shape index (κ3) is 1.55. The Bertz CT molecular complexity index is 1150. The highest BCUT2D eigenvalue weighted by Crippen LogP contribution is 2.48. The van der Waals surface area contributed by atoms with E-state index in [1.165, 1.54) is 43.4 Å². The smallest absolute Gasteiger partial charge is 0.114 e. The standard InChI is InChI=1S/C22H14O/c1-2-4-17-13(3-1)5-7-15-12-19-16(11-18(15)17)8-6-14-9-10-20-22(23-20)21(14)19/h1-12,20,22H. The molecule has 1 nitrogen and oxygen atoms in total. The Morgan fingerprint density at radius 2 is 1.48 bits per heavy atom. The summed E-state index contributed by atoms with van der Waals surface area (Å²) in [5.41, 5.74) is 2.67. The van der Waals surface area contributed by atoms with Crippen molar-refractivity contribution in [2.75, 3.05) is 0 Å². The summed E-state index contributed by atoms with van der Waals surface area (Å²) in [5, 5.41) is 7.89. The predicted octanol–water partition coefficient (Wildman–Crippen LogP) is 5.61. The predicted molar refractivity (Wildman–Crippen MR) is 95.6 cm³/mol. The lowest BCUT2D eigenvalue weighted by atomic mass is 9.89. The first-order chi connectivity index (χ1) is 11.4. The molecule has 0 aromatic heterocycles. The molecule has 0 N–H and O–H groups in total. The van der Waals surface area contributed by atoms with E-state index in [0.717, 1.165) is 0 Å². The lowest BCUT2D eigenvalue weighted by molar-refractivity contribution is 0.396.